The smallest absolute Gasteiger partial charge is 0.371 e. The monoisotopic (exact) mass is 353 g/mol. The zero-order valence-corrected chi connectivity index (χ0v) is 13.6. The number of ether oxygens (including phenoxy) is 3. The number of aromatic carboxylic acids is 1. The Bertz CT molecular complexity index is 978. The van der Waals surface area contributed by atoms with E-state index in [1.165, 1.54) is 6.07 Å². The average Bonchev–Trinajstić information content (AvgIpc) is 3.14. The van der Waals surface area contributed by atoms with Crippen LogP contribution in [-0.4, -0.2) is 24.3 Å². The maximum atomic E-state index is 11.0. The molecule has 1 aromatic heterocycles. The van der Waals surface area contributed by atoms with Crippen LogP contribution >= 0.6 is 0 Å². The van der Waals surface area contributed by atoms with Crippen LogP contribution in [0.2, 0.25) is 0 Å². The SMILES string of the molecule is Nc1ccc(Oc2cccc3c2OCCO3)cc1-c1ccc(C(=O)O)o1. The van der Waals surface area contributed by atoms with Gasteiger partial charge in [0.1, 0.15) is 24.7 Å². The summed E-state index contributed by atoms with van der Waals surface area (Å²) in [5.41, 5.74) is 6.99. The molecule has 0 atom stereocenters. The standard InChI is InChI=1S/C19H15NO6/c20-13-5-4-11(10-12(13)14-6-7-17(26-14)19(21)22)25-16-3-1-2-15-18(16)24-9-8-23-15/h1-7,10H,8-9,20H2,(H,21,22). The molecule has 0 radical (unpaired) electrons. The first-order valence-electron chi connectivity index (χ1n) is 7.91. The third-order valence-electron chi connectivity index (χ3n) is 3.86. The van der Waals surface area contributed by atoms with Crippen LogP contribution in [0.1, 0.15) is 10.6 Å². The van der Waals surface area contributed by atoms with Crippen LogP contribution in [0, 0.1) is 0 Å². The van der Waals surface area contributed by atoms with Crippen LogP contribution in [0.4, 0.5) is 5.69 Å². The van der Waals surface area contributed by atoms with Crippen LogP contribution in [0.25, 0.3) is 11.3 Å². The number of anilines is 1. The van der Waals surface area contributed by atoms with Crippen molar-refractivity contribution in [3.8, 4) is 34.3 Å². The number of nitrogen functional groups attached to an aromatic ring is 1. The molecule has 7 heteroatoms. The molecule has 0 saturated carbocycles. The maximum absolute atomic E-state index is 11.0. The van der Waals surface area contributed by atoms with E-state index in [2.05, 4.69) is 0 Å². The van der Waals surface area contributed by atoms with Gasteiger partial charge in [-0.3, -0.25) is 0 Å². The summed E-state index contributed by atoms with van der Waals surface area (Å²) in [6.07, 6.45) is 0. The molecule has 3 N–H and O–H groups in total. The van der Waals surface area contributed by atoms with Crippen molar-refractivity contribution in [2.24, 2.45) is 0 Å². The first kappa shape index (κ1) is 15.9. The summed E-state index contributed by atoms with van der Waals surface area (Å²) in [6.45, 7) is 0.942. The summed E-state index contributed by atoms with van der Waals surface area (Å²) in [6, 6.07) is 13.4. The molecule has 26 heavy (non-hydrogen) atoms. The van der Waals surface area contributed by atoms with Crippen molar-refractivity contribution in [2.45, 2.75) is 0 Å². The molecular formula is C19H15NO6. The number of fused-ring (bicyclic) bond motifs is 1. The topological polar surface area (TPSA) is 104 Å². The van der Waals surface area contributed by atoms with Crippen molar-refractivity contribution in [1.29, 1.82) is 0 Å². The highest BCUT2D eigenvalue weighted by Crippen LogP contribution is 2.42. The van der Waals surface area contributed by atoms with Crippen molar-refractivity contribution < 1.29 is 28.5 Å². The fraction of sp³-hybridized carbons (Fsp3) is 0.105. The Balaban J connectivity index is 1.67. The second-order valence-corrected chi connectivity index (χ2v) is 5.60. The molecule has 2 heterocycles. The lowest BCUT2D eigenvalue weighted by Gasteiger charge is -2.20. The van der Waals surface area contributed by atoms with E-state index in [0.717, 1.165) is 0 Å². The van der Waals surface area contributed by atoms with Crippen LogP contribution in [0.5, 0.6) is 23.0 Å². The number of hydrogen-bond donors (Lipinski definition) is 2. The molecule has 0 spiro atoms. The lowest BCUT2D eigenvalue weighted by molar-refractivity contribution is 0.0663. The quantitative estimate of drug-likeness (QED) is 0.688. The van der Waals surface area contributed by atoms with Crippen LogP contribution in [0.3, 0.4) is 0 Å². The molecule has 7 nitrogen and oxygen atoms in total. The summed E-state index contributed by atoms with van der Waals surface area (Å²) in [5, 5.41) is 9.00. The number of carbonyl (C=O) groups is 1. The number of rotatable bonds is 4. The second-order valence-electron chi connectivity index (χ2n) is 5.60. The fourth-order valence-electron chi connectivity index (χ4n) is 2.66. The van der Waals surface area contributed by atoms with Gasteiger partial charge in [-0.1, -0.05) is 6.07 Å². The number of carboxylic acid groups (broad SMARTS) is 1. The Kier molecular flexibility index (Phi) is 3.89. The van der Waals surface area contributed by atoms with Gasteiger partial charge in [0.05, 0.1) is 0 Å². The van der Waals surface area contributed by atoms with E-state index in [1.54, 1.807) is 30.3 Å². The Morgan fingerprint density at radius 1 is 1.08 bits per heavy atom. The van der Waals surface area contributed by atoms with Crippen molar-refractivity contribution in [3.05, 3.63) is 54.3 Å². The summed E-state index contributed by atoms with van der Waals surface area (Å²) in [4.78, 5) is 11.0. The first-order valence-corrected chi connectivity index (χ1v) is 7.91. The minimum absolute atomic E-state index is 0.159. The summed E-state index contributed by atoms with van der Waals surface area (Å²) in [5.74, 6) is 1.24. The molecule has 3 aromatic rings. The molecule has 1 aliphatic rings. The van der Waals surface area contributed by atoms with Crippen molar-refractivity contribution >= 4 is 11.7 Å². The van der Waals surface area contributed by atoms with Gasteiger partial charge in [-0.15, -0.1) is 0 Å². The summed E-state index contributed by atoms with van der Waals surface area (Å²) >= 11 is 0. The van der Waals surface area contributed by atoms with E-state index in [0.29, 0.717) is 53.2 Å². The van der Waals surface area contributed by atoms with Gasteiger partial charge in [0.15, 0.2) is 11.5 Å². The Hall–Kier alpha value is -3.61. The minimum Gasteiger partial charge on any atom is -0.486 e. The van der Waals surface area contributed by atoms with Crippen molar-refractivity contribution in [3.63, 3.8) is 0 Å². The van der Waals surface area contributed by atoms with E-state index < -0.39 is 5.97 Å². The van der Waals surface area contributed by atoms with E-state index in [4.69, 9.17) is 29.5 Å². The van der Waals surface area contributed by atoms with Gasteiger partial charge in [0.2, 0.25) is 11.5 Å². The van der Waals surface area contributed by atoms with Crippen LogP contribution < -0.4 is 19.9 Å². The third-order valence-corrected chi connectivity index (χ3v) is 3.86. The number of para-hydroxylation sites is 1. The van der Waals surface area contributed by atoms with E-state index in [-0.39, 0.29) is 5.76 Å². The minimum atomic E-state index is -1.14. The van der Waals surface area contributed by atoms with Crippen molar-refractivity contribution in [2.75, 3.05) is 18.9 Å². The predicted molar refractivity (Wildman–Crippen MR) is 93.0 cm³/mol. The molecule has 2 aromatic carbocycles. The van der Waals surface area contributed by atoms with Gasteiger partial charge in [-0.2, -0.15) is 0 Å². The van der Waals surface area contributed by atoms with Gasteiger partial charge in [-0.25, -0.2) is 4.79 Å². The number of nitrogens with two attached hydrogens (primary N) is 1. The van der Waals surface area contributed by atoms with E-state index >= 15 is 0 Å². The molecule has 1 aliphatic heterocycles. The maximum Gasteiger partial charge on any atom is 0.371 e. The van der Waals surface area contributed by atoms with E-state index in [1.807, 2.05) is 12.1 Å². The van der Waals surface area contributed by atoms with Crippen molar-refractivity contribution in [1.82, 2.24) is 0 Å². The normalized spacial score (nSPS) is 12.6. The molecule has 0 saturated heterocycles. The highest BCUT2D eigenvalue weighted by Gasteiger charge is 2.18. The van der Waals surface area contributed by atoms with Crippen LogP contribution in [-0.2, 0) is 0 Å². The van der Waals surface area contributed by atoms with Gasteiger partial charge < -0.3 is 29.5 Å². The molecule has 132 valence electrons. The Morgan fingerprint density at radius 3 is 2.73 bits per heavy atom. The van der Waals surface area contributed by atoms with Gasteiger partial charge >= 0.3 is 5.97 Å². The Morgan fingerprint density at radius 2 is 1.92 bits per heavy atom. The molecule has 0 fully saturated rings. The number of benzene rings is 2. The molecule has 0 aliphatic carbocycles. The molecule has 4 rings (SSSR count). The third kappa shape index (κ3) is 2.90. The molecule has 0 bridgehead atoms. The highest BCUT2D eigenvalue weighted by atomic mass is 16.6. The van der Waals surface area contributed by atoms with Crippen LogP contribution in [0.15, 0.2) is 52.9 Å². The predicted octanol–water partition coefficient (Wildman–Crippen LogP) is 3.79. The Labute approximate surface area is 148 Å². The lowest BCUT2D eigenvalue weighted by Crippen LogP contribution is -2.15. The summed E-state index contributed by atoms with van der Waals surface area (Å²) < 4.78 is 22.4. The second kappa shape index (κ2) is 6.36. The lowest BCUT2D eigenvalue weighted by atomic mass is 10.1. The average molecular weight is 353 g/mol. The molecule has 0 amide bonds. The zero-order chi connectivity index (χ0) is 18.1. The molecule has 0 unspecified atom stereocenters. The zero-order valence-electron chi connectivity index (χ0n) is 13.6. The first-order chi connectivity index (χ1) is 12.6. The number of furan rings is 1. The van der Waals surface area contributed by atoms with Gasteiger partial charge in [0.25, 0.3) is 0 Å². The van der Waals surface area contributed by atoms with Gasteiger partial charge in [0, 0.05) is 11.3 Å². The fourth-order valence-corrected chi connectivity index (χ4v) is 2.66. The van der Waals surface area contributed by atoms with Gasteiger partial charge in [-0.05, 0) is 42.5 Å². The van der Waals surface area contributed by atoms with E-state index in [9.17, 15) is 4.79 Å². The summed E-state index contributed by atoms with van der Waals surface area (Å²) in [7, 11) is 0. The number of hydrogen-bond acceptors (Lipinski definition) is 6. The highest BCUT2D eigenvalue weighted by molar-refractivity contribution is 5.86. The largest absolute Gasteiger partial charge is 0.486 e. The molecular weight excluding hydrogens is 338 g/mol. The number of carboxylic acids is 1.